The highest BCUT2D eigenvalue weighted by Crippen LogP contribution is 2.25. The molecular weight excluding hydrogens is 404 g/mol. The zero-order valence-corrected chi connectivity index (χ0v) is 18.9. The molecule has 0 radical (unpaired) electrons. The van der Waals surface area contributed by atoms with E-state index in [4.69, 9.17) is 4.74 Å². The van der Waals surface area contributed by atoms with Crippen LogP contribution in [0.4, 0.5) is 16.3 Å². The number of nitrogens with zero attached hydrogens (tertiary/aromatic N) is 3. The minimum Gasteiger partial charge on any atom is -0.491 e. The van der Waals surface area contributed by atoms with Crippen molar-refractivity contribution in [2.24, 2.45) is 0 Å². The lowest BCUT2D eigenvalue weighted by Gasteiger charge is -2.14. The van der Waals surface area contributed by atoms with Gasteiger partial charge in [0.05, 0.1) is 17.1 Å². The molecule has 4 aromatic rings. The first-order valence-electron chi connectivity index (χ1n) is 10.6. The predicted molar refractivity (Wildman–Crippen MR) is 127 cm³/mol. The molecule has 0 unspecified atom stereocenters. The van der Waals surface area contributed by atoms with E-state index >= 15 is 0 Å². The summed E-state index contributed by atoms with van der Waals surface area (Å²) in [5.41, 5.74) is 4.34. The number of benzene rings is 2. The number of urea groups is 1. The fraction of sp³-hybridized carbons (Fsp3) is 0.292. The number of carbonyl (C=O) groups is 1. The van der Waals surface area contributed by atoms with E-state index in [2.05, 4.69) is 46.6 Å². The van der Waals surface area contributed by atoms with Crippen LogP contribution in [0.1, 0.15) is 40.3 Å². The summed E-state index contributed by atoms with van der Waals surface area (Å²) < 4.78 is 7.74. The monoisotopic (exact) mass is 432 g/mol. The van der Waals surface area contributed by atoms with Crippen molar-refractivity contribution in [3.63, 3.8) is 0 Å². The Morgan fingerprint density at radius 3 is 2.47 bits per heavy atom. The summed E-state index contributed by atoms with van der Waals surface area (Å²) in [6, 6.07) is 14.9. The molecule has 0 aliphatic rings. The van der Waals surface area contributed by atoms with E-state index in [1.807, 2.05) is 66.9 Å². The molecule has 2 aromatic carbocycles. The maximum atomic E-state index is 12.3. The van der Waals surface area contributed by atoms with Gasteiger partial charge in [0.1, 0.15) is 12.1 Å². The topological polar surface area (TPSA) is 96.9 Å². The van der Waals surface area contributed by atoms with Gasteiger partial charge in [0.2, 0.25) is 0 Å². The zero-order chi connectivity index (χ0) is 22.9. The minimum atomic E-state index is -0.351. The highest BCUT2D eigenvalue weighted by molar-refractivity contribution is 5.99. The van der Waals surface area contributed by atoms with Crippen molar-refractivity contribution in [2.75, 3.05) is 10.6 Å². The van der Waals surface area contributed by atoms with Gasteiger partial charge in [0, 0.05) is 34.6 Å². The molecule has 8 nitrogen and oxygen atoms in total. The van der Waals surface area contributed by atoms with Crippen LogP contribution < -0.4 is 15.4 Å². The molecule has 0 spiro atoms. The van der Waals surface area contributed by atoms with E-state index in [1.54, 1.807) is 6.33 Å². The fourth-order valence-electron chi connectivity index (χ4n) is 3.30. The summed E-state index contributed by atoms with van der Waals surface area (Å²) in [6.45, 7) is 10.2. The van der Waals surface area contributed by atoms with Gasteiger partial charge in [-0.25, -0.2) is 9.78 Å². The number of hydrogen-bond acceptors (Lipinski definition) is 4. The SMILES string of the molecule is CC(C)Oc1ccc2c(c1)ncn2-c1ccc(NC(=O)Nc2cc(C(C)(C)C)[nH]n2)cc1. The van der Waals surface area contributed by atoms with E-state index in [0.29, 0.717) is 11.5 Å². The third kappa shape index (κ3) is 4.74. The maximum Gasteiger partial charge on any atom is 0.324 e. The van der Waals surface area contributed by atoms with Crippen LogP contribution in [-0.4, -0.2) is 31.9 Å². The summed E-state index contributed by atoms with van der Waals surface area (Å²) in [5.74, 6) is 1.28. The second kappa shape index (κ2) is 8.37. The van der Waals surface area contributed by atoms with Gasteiger partial charge in [-0.05, 0) is 50.2 Å². The molecule has 166 valence electrons. The number of aromatic nitrogens is 4. The number of amides is 2. The van der Waals surface area contributed by atoms with Gasteiger partial charge in [-0.2, -0.15) is 5.10 Å². The molecule has 0 fully saturated rings. The molecule has 2 heterocycles. The number of carbonyl (C=O) groups excluding carboxylic acids is 1. The van der Waals surface area contributed by atoms with Crippen molar-refractivity contribution < 1.29 is 9.53 Å². The van der Waals surface area contributed by atoms with Crippen LogP contribution in [0.2, 0.25) is 0 Å². The molecule has 0 saturated heterocycles. The third-order valence-corrected chi connectivity index (χ3v) is 4.92. The number of nitrogens with one attached hydrogen (secondary N) is 3. The molecule has 4 rings (SSSR count). The lowest BCUT2D eigenvalue weighted by Crippen LogP contribution is -2.19. The van der Waals surface area contributed by atoms with E-state index in [9.17, 15) is 4.79 Å². The Bertz CT molecular complexity index is 1230. The van der Waals surface area contributed by atoms with Crippen molar-refractivity contribution in [3.8, 4) is 11.4 Å². The predicted octanol–water partition coefficient (Wildman–Crippen LogP) is 5.48. The summed E-state index contributed by atoms with van der Waals surface area (Å²) in [4.78, 5) is 16.8. The summed E-state index contributed by atoms with van der Waals surface area (Å²) >= 11 is 0. The molecule has 0 bridgehead atoms. The van der Waals surface area contributed by atoms with Crippen molar-refractivity contribution in [2.45, 2.75) is 46.1 Å². The third-order valence-electron chi connectivity index (χ3n) is 4.92. The number of aromatic amines is 1. The van der Waals surface area contributed by atoms with Crippen LogP contribution >= 0.6 is 0 Å². The molecule has 0 aliphatic carbocycles. The second-order valence-corrected chi connectivity index (χ2v) is 8.97. The van der Waals surface area contributed by atoms with Gasteiger partial charge >= 0.3 is 6.03 Å². The van der Waals surface area contributed by atoms with Gasteiger partial charge < -0.3 is 10.1 Å². The van der Waals surface area contributed by atoms with E-state index in [0.717, 1.165) is 28.2 Å². The van der Waals surface area contributed by atoms with Gasteiger partial charge in [0.25, 0.3) is 0 Å². The lowest BCUT2D eigenvalue weighted by molar-refractivity contribution is 0.242. The van der Waals surface area contributed by atoms with Gasteiger partial charge in [-0.1, -0.05) is 20.8 Å². The number of rotatable bonds is 5. The molecule has 2 amide bonds. The Labute approximate surface area is 187 Å². The number of hydrogen-bond donors (Lipinski definition) is 3. The lowest BCUT2D eigenvalue weighted by atomic mass is 9.92. The molecule has 2 aromatic heterocycles. The Morgan fingerprint density at radius 2 is 1.81 bits per heavy atom. The number of ether oxygens (including phenoxy) is 1. The van der Waals surface area contributed by atoms with E-state index in [1.165, 1.54) is 0 Å². The van der Waals surface area contributed by atoms with Crippen LogP contribution in [0.3, 0.4) is 0 Å². The first-order valence-corrected chi connectivity index (χ1v) is 10.6. The number of imidazole rings is 1. The molecule has 3 N–H and O–H groups in total. The second-order valence-electron chi connectivity index (χ2n) is 8.97. The van der Waals surface area contributed by atoms with Crippen LogP contribution in [0.5, 0.6) is 5.75 Å². The minimum absolute atomic E-state index is 0.0697. The van der Waals surface area contributed by atoms with Crippen molar-refractivity contribution in [1.82, 2.24) is 19.7 Å². The average Bonchev–Trinajstić information content (AvgIpc) is 3.35. The maximum absolute atomic E-state index is 12.3. The summed E-state index contributed by atoms with van der Waals surface area (Å²) in [5, 5.41) is 12.7. The molecule has 0 atom stereocenters. The number of anilines is 2. The van der Waals surface area contributed by atoms with Crippen LogP contribution in [-0.2, 0) is 5.41 Å². The standard InChI is InChI=1S/C24H28N6O2/c1-15(2)32-18-10-11-20-19(12-18)25-14-30(20)17-8-6-16(7-9-17)26-23(31)27-22-13-21(28-29-22)24(3,4)5/h6-15H,1-5H3,(H3,26,27,28,29,31). The van der Waals surface area contributed by atoms with Crippen LogP contribution in [0, 0.1) is 0 Å². The molecule has 0 aliphatic heterocycles. The average molecular weight is 433 g/mol. The Kier molecular flexibility index (Phi) is 5.61. The quantitative estimate of drug-likeness (QED) is 0.389. The van der Waals surface area contributed by atoms with Gasteiger partial charge in [0.15, 0.2) is 5.82 Å². The Balaban J connectivity index is 1.44. The van der Waals surface area contributed by atoms with E-state index < -0.39 is 0 Å². The summed E-state index contributed by atoms with van der Waals surface area (Å²) in [6.07, 6.45) is 1.89. The molecule has 8 heteroatoms. The highest BCUT2D eigenvalue weighted by Gasteiger charge is 2.17. The largest absolute Gasteiger partial charge is 0.491 e. The highest BCUT2D eigenvalue weighted by atomic mass is 16.5. The first-order chi connectivity index (χ1) is 15.2. The van der Waals surface area contributed by atoms with Crippen molar-refractivity contribution in [3.05, 3.63) is 60.6 Å². The normalized spacial score (nSPS) is 11.7. The van der Waals surface area contributed by atoms with Crippen molar-refractivity contribution >= 4 is 28.6 Å². The Morgan fingerprint density at radius 1 is 1.06 bits per heavy atom. The Hall–Kier alpha value is -3.81. The van der Waals surface area contributed by atoms with Crippen LogP contribution in [0.15, 0.2) is 54.9 Å². The van der Waals surface area contributed by atoms with Crippen LogP contribution in [0.25, 0.3) is 16.7 Å². The number of H-pyrrole nitrogens is 1. The van der Waals surface area contributed by atoms with Crippen molar-refractivity contribution in [1.29, 1.82) is 0 Å². The van der Waals surface area contributed by atoms with Gasteiger partial charge in [-0.3, -0.25) is 15.0 Å². The molecule has 0 saturated carbocycles. The number of fused-ring (bicyclic) bond motifs is 1. The first kappa shape index (κ1) is 21.4. The summed E-state index contributed by atoms with van der Waals surface area (Å²) in [7, 11) is 0. The van der Waals surface area contributed by atoms with Gasteiger partial charge in [-0.15, -0.1) is 0 Å². The fourth-order valence-corrected chi connectivity index (χ4v) is 3.30. The molecular formula is C24H28N6O2. The smallest absolute Gasteiger partial charge is 0.324 e. The van der Waals surface area contributed by atoms with E-state index in [-0.39, 0.29) is 17.6 Å². The molecule has 32 heavy (non-hydrogen) atoms. The zero-order valence-electron chi connectivity index (χ0n) is 18.9.